The zero-order chi connectivity index (χ0) is 18.0. The van der Waals surface area contributed by atoms with Gasteiger partial charge in [0.25, 0.3) is 0 Å². The second kappa shape index (κ2) is 7.56. The molecule has 25 heavy (non-hydrogen) atoms. The van der Waals surface area contributed by atoms with Gasteiger partial charge in [-0.3, -0.25) is 4.79 Å². The zero-order valence-corrected chi connectivity index (χ0v) is 15.3. The van der Waals surface area contributed by atoms with E-state index in [9.17, 15) is 9.18 Å². The number of carbonyl (C=O) groups is 1. The van der Waals surface area contributed by atoms with Gasteiger partial charge in [-0.15, -0.1) is 0 Å². The Labute approximate surface area is 152 Å². The van der Waals surface area contributed by atoms with Gasteiger partial charge in [0.2, 0.25) is 5.91 Å². The molecular weight excluding hydrogens is 341 g/mol. The van der Waals surface area contributed by atoms with Gasteiger partial charge in [0.15, 0.2) is 0 Å². The van der Waals surface area contributed by atoms with E-state index in [0.717, 1.165) is 18.7 Å². The van der Waals surface area contributed by atoms with E-state index in [1.54, 1.807) is 24.5 Å². The van der Waals surface area contributed by atoms with Crippen molar-refractivity contribution in [2.24, 2.45) is 5.92 Å². The fourth-order valence-electron chi connectivity index (χ4n) is 2.92. The quantitative estimate of drug-likeness (QED) is 0.737. The third-order valence-electron chi connectivity index (χ3n) is 4.39. The maximum Gasteiger partial charge on any atom is 0.223 e. The third-order valence-corrected chi connectivity index (χ3v) is 4.75. The lowest BCUT2D eigenvalue weighted by Crippen LogP contribution is -2.34. The predicted molar refractivity (Wildman–Crippen MR) is 95.8 cm³/mol. The average molecular weight is 364 g/mol. The molecule has 1 fully saturated rings. The summed E-state index contributed by atoms with van der Waals surface area (Å²) in [6.45, 7) is 4.85. The Hall–Kier alpha value is -1.88. The molecule has 1 saturated carbocycles. The van der Waals surface area contributed by atoms with Crippen LogP contribution in [0.15, 0.2) is 30.6 Å². The molecule has 1 amide bonds. The van der Waals surface area contributed by atoms with Crippen molar-refractivity contribution in [2.45, 2.75) is 52.2 Å². The molecule has 134 valence electrons. The van der Waals surface area contributed by atoms with Crippen molar-refractivity contribution in [1.82, 2.24) is 14.5 Å². The number of halogens is 2. The zero-order valence-electron chi connectivity index (χ0n) is 14.6. The summed E-state index contributed by atoms with van der Waals surface area (Å²) >= 11 is 6.13. The van der Waals surface area contributed by atoms with Gasteiger partial charge in [-0.05, 0) is 30.9 Å². The van der Waals surface area contributed by atoms with Crippen LogP contribution >= 0.6 is 11.6 Å². The van der Waals surface area contributed by atoms with Crippen LogP contribution in [0.2, 0.25) is 5.02 Å². The summed E-state index contributed by atoms with van der Waals surface area (Å²) in [6, 6.07) is 4.99. The first-order valence-corrected chi connectivity index (χ1v) is 9.06. The second-order valence-corrected chi connectivity index (χ2v) is 7.43. The van der Waals surface area contributed by atoms with Gasteiger partial charge in [0.05, 0.1) is 13.1 Å². The molecule has 0 atom stereocenters. The molecular formula is C19H23ClFN3O. The second-order valence-electron chi connectivity index (χ2n) is 7.02. The number of imidazole rings is 1. The van der Waals surface area contributed by atoms with Crippen LogP contribution < -0.4 is 0 Å². The summed E-state index contributed by atoms with van der Waals surface area (Å²) in [5.74, 6) is 0.909. The summed E-state index contributed by atoms with van der Waals surface area (Å²) in [6.07, 6.45) is 6.11. The number of nitrogens with zero attached hydrogens (tertiary/aromatic N) is 3. The largest absolute Gasteiger partial charge is 0.332 e. The van der Waals surface area contributed by atoms with Crippen LogP contribution in [0.3, 0.4) is 0 Å². The van der Waals surface area contributed by atoms with Crippen molar-refractivity contribution < 1.29 is 9.18 Å². The standard InChI is InChI=1S/C19H23ClFN3O/c1-13(2)10-19(25)24(14-6-7-14)12-18-22-8-9-23(18)11-15-16(20)4-3-5-17(15)21/h3-5,8-9,13-14H,6-7,10-12H2,1-2H3. The molecule has 1 aromatic heterocycles. The van der Waals surface area contributed by atoms with Crippen LogP contribution in [0.5, 0.6) is 0 Å². The van der Waals surface area contributed by atoms with Crippen molar-refractivity contribution in [3.63, 3.8) is 0 Å². The maximum atomic E-state index is 14.1. The minimum Gasteiger partial charge on any atom is -0.332 e. The molecule has 1 aliphatic rings. The molecule has 1 aliphatic carbocycles. The normalized spacial score (nSPS) is 14.1. The van der Waals surface area contributed by atoms with E-state index < -0.39 is 0 Å². The highest BCUT2D eigenvalue weighted by Gasteiger charge is 2.33. The molecule has 0 aliphatic heterocycles. The van der Waals surface area contributed by atoms with Crippen LogP contribution in [0.1, 0.15) is 44.5 Å². The summed E-state index contributed by atoms with van der Waals surface area (Å²) in [4.78, 5) is 18.9. The van der Waals surface area contributed by atoms with E-state index in [4.69, 9.17) is 11.6 Å². The number of carbonyl (C=O) groups excluding carboxylic acids is 1. The molecule has 0 bridgehead atoms. The van der Waals surface area contributed by atoms with Gasteiger partial charge in [0, 0.05) is 35.4 Å². The molecule has 1 heterocycles. The van der Waals surface area contributed by atoms with Gasteiger partial charge >= 0.3 is 0 Å². The molecule has 0 spiro atoms. The summed E-state index contributed by atoms with van der Waals surface area (Å²) in [5.41, 5.74) is 0.440. The number of hydrogen-bond acceptors (Lipinski definition) is 2. The first kappa shape index (κ1) is 17.9. The van der Waals surface area contributed by atoms with E-state index in [1.807, 2.05) is 23.3 Å². The Balaban J connectivity index is 1.78. The van der Waals surface area contributed by atoms with Gasteiger partial charge in [-0.2, -0.15) is 0 Å². The maximum absolute atomic E-state index is 14.1. The van der Waals surface area contributed by atoms with Crippen molar-refractivity contribution in [1.29, 1.82) is 0 Å². The summed E-state index contributed by atoms with van der Waals surface area (Å²) in [7, 11) is 0. The number of benzene rings is 1. The molecule has 6 heteroatoms. The lowest BCUT2D eigenvalue weighted by Gasteiger charge is -2.23. The Morgan fingerprint density at radius 1 is 1.44 bits per heavy atom. The molecule has 2 aromatic rings. The Morgan fingerprint density at radius 2 is 2.20 bits per heavy atom. The summed E-state index contributed by atoms with van der Waals surface area (Å²) < 4.78 is 15.9. The van der Waals surface area contributed by atoms with Crippen molar-refractivity contribution >= 4 is 17.5 Å². The predicted octanol–water partition coefficient (Wildman–Crippen LogP) is 4.26. The van der Waals surface area contributed by atoms with Crippen molar-refractivity contribution in [3.8, 4) is 0 Å². The fourth-order valence-corrected chi connectivity index (χ4v) is 3.14. The molecule has 1 aromatic carbocycles. The van der Waals surface area contributed by atoms with Gasteiger partial charge in [-0.1, -0.05) is 31.5 Å². The molecule has 0 unspecified atom stereocenters. The van der Waals surface area contributed by atoms with E-state index >= 15 is 0 Å². The first-order valence-electron chi connectivity index (χ1n) is 8.68. The number of amides is 1. The van der Waals surface area contributed by atoms with Gasteiger partial charge in [0.1, 0.15) is 11.6 Å². The lowest BCUT2D eigenvalue weighted by atomic mass is 10.1. The Morgan fingerprint density at radius 3 is 2.84 bits per heavy atom. The Bertz CT molecular complexity index is 735. The van der Waals surface area contributed by atoms with Crippen LogP contribution in [-0.4, -0.2) is 26.4 Å². The fraction of sp³-hybridized carbons (Fsp3) is 0.474. The molecule has 0 radical (unpaired) electrons. The topological polar surface area (TPSA) is 38.1 Å². The number of hydrogen-bond donors (Lipinski definition) is 0. The van der Waals surface area contributed by atoms with Gasteiger partial charge < -0.3 is 9.47 Å². The smallest absolute Gasteiger partial charge is 0.223 e. The van der Waals surface area contributed by atoms with E-state index in [2.05, 4.69) is 4.98 Å². The highest BCUT2D eigenvalue weighted by atomic mass is 35.5. The minimum atomic E-state index is -0.331. The highest BCUT2D eigenvalue weighted by Crippen LogP contribution is 2.29. The molecule has 0 N–H and O–H groups in total. The van der Waals surface area contributed by atoms with E-state index in [0.29, 0.717) is 42.1 Å². The highest BCUT2D eigenvalue weighted by molar-refractivity contribution is 6.31. The van der Waals surface area contributed by atoms with Crippen LogP contribution in [-0.2, 0) is 17.9 Å². The Kier molecular flexibility index (Phi) is 5.42. The monoisotopic (exact) mass is 363 g/mol. The number of rotatable bonds is 7. The van der Waals surface area contributed by atoms with Crippen LogP contribution in [0.4, 0.5) is 4.39 Å². The third kappa shape index (κ3) is 4.40. The van der Waals surface area contributed by atoms with Crippen LogP contribution in [0.25, 0.3) is 0 Å². The van der Waals surface area contributed by atoms with Crippen molar-refractivity contribution in [3.05, 3.63) is 52.8 Å². The number of aromatic nitrogens is 2. The van der Waals surface area contributed by atoms with E-state index in [1.165, 1.54) is 6.07 Å². The average Bonchev–Trinajstić information content (AvgIpc) is 3.28. The molecule has 0 saturated heterocycles. The minimum absolute atomic E-state index is 0.163. The SMILES string of the molecule is CC(C)CC(=O)N(Cc1nccn1Cc1c(F)cccc1Cl)C1CC1. The first-order chi connectivity index (χ1) is 12.0. The van der Waals surface area contributed by atoms with Crippen LogP contribution in [0, 0.1) is 11.7 Å². The molecule has 4 nitrogen and oxygen atoms in total. The van der Waals surface area contributed by atoms with Gasteiger partial charge in [-0.25, -0.2) is 9.37 Å². The summed E-state index contributed by atoms with van der Waals surface area (Å²) in [5, 5.41) is 0.398. The lowest BCUT2D eigenvalue weighted by molar-refractivity contribution is -0.133. The van der Waals surface area contributed by atoms with E-state index in [-0.39, 0.29) is 11.7 Å². The molecule has 3 rings (SSSR count). The van der Waals surface area contributed by atoms with Crippen molar-refractivity contribution in [2.75, 3.05) is 0 Å².